The highest BCUT2D eigenvalue weighted by molar-refractivity contribution is 5.28. The number of rotatable bonds is 1. The lowest BCUT2D eigenvalue weighted by molar-refractivity contribution is 0.240. The van der Waals surface area contributed by atoms with Gasteiger partial charge in [0.1, 0.15) is 6.61 Å². The zero-order valence-corrected chi connectivity index (χ0v) is 6.79. The van der Waals surface area contributed by atoms with Crippen LogP contribution >= 0.6 is 0 Å². The number of nitrogens with zero attached hydrogens (tertiary/aromatic N) is 1. The molecule has 1 aromatic rings. The minimum absolute atomic E-state index is 0.491. The summed E-state index contributed by atoms with van der Waals surface area (Å²) >= 11 is 0. The van der Waals surface area contributed by atoms with Crippen LogP contribution in [-0.2, 0) is 11.8 Å². The van der Waals surface area contributed by atoms with Gasteiger partial charge in [-0.1, -0.05) is 5.92 Å². The Bertz CT molecular complexity index is 277. The first-order valence-electron chi connectivity index (χ1n) is 3.43. The van der Waals surface area contributed by atoms with E-state index in [1.807, 2.05) is 29.9 Å². The SMILES string of the molecule is COCC#Cc1cccn1C. The van der Waals surface area contributed by atoms with E-state index in [0.29, 0.717) is 6.61 Å². The maximum Gasteiger partial charge on any atom is 0.107 e. The summed E-state index contributed by atoms with van der Waals surface area (Å²) in [6.45, 7) is 0.491. The molecule has 0 atom stereocenters. The van der Waals surface area contributed by atoms with Crippen molar-refractivity contribution in [2.75, 3.05) is 13.7 Å². The summed E-state index contributed by atoms with van der Waals surface area (Å²) in [6.07, 6.45) is 1.97. The molecule has 0 saturated heterocycles. The van der Waals surface area contributed by atoms with Crippen LogP contribution in [0.1, 0.15) is 5.69 Å². The summed E-state index contributed by atoms with van der Waals surface area (Å²) in [5.41, 5.74) is 1.02. The lowest BCUT2D eigenvalue weighted by Gasteiger charge is -1.91. The third-order valence-electron chi connectivity index (χ3n) is 1.38. The first kappa shape index (κ1) is 7.90. The minimum Gasteiger partial charge on any atom is -0.372 e. The molecule has 0 fully saturated rings. The van der Waals surface area contributed by atoms with Crippen LogP contribution in [0.2, 0.25) is 0 Å². The van der Waals surface area contributed by atoms with Crippen LogP contribution in [0.5, 0.6) is 0 Å². The maximum absolute atomic E-state index is 4.80. The second-order valence-electron chi connectivity index (χ2n) is 2.24. The molecule has 0 unspecified atom stereocenters. The van der Waals surface area contributed by atoms with E-state index >= 15 is 0 Å². The van der Waals surface area contributed by atoms with Crippen molar-refractivity contribution in [3.05, 3.63) is 24.0 Å². The summed E-state index contributed by atoms with van der Waals surface area (Å²) in [6, 6.07) is 3.94. The number of aryl methyl sites for hydroxylation is 1. The molecule has 2 nitrogen and oxygen atoms in total. The van der Waals surface area contributed by atoms with Gasteiger partial charge in [-0.25, -0.2) is 0 Å². The van der Waals surface area contributed by atoms with Crippen LogP contribution < -0.4 is 0 Å². The normalized spacial score (nSPS) is 8.91. The average molecular weight is 149 g/mol. The molecule has 1 rings (SSSR count). The van der Waals surface area contributed by atoms with Crippen LogP contribution in [0.3, 0.4) is 0 Å². The maximum atomic E-state index is 4.80. The van der Waals surface area contributed by atoms with Gasteiger partial charge in [0.15, 0.2) is 0 Å². The molecule has 0 aromatic carbocycles. The molecule has 11 heavy (non-hydrogen) atoms. The zero-order valence-electron chi connectivity index (χ0n) is 6.79. The van der Waals surface area contributed by atoms with Crippen molar-refractivity contribution in [1.82, 2.24) is 4.57 Å². The molecular weight excluding hydrogens is 138 g/mol. The first-order chi connectivity index (χ1) is 5.34. The monoisotopic (exact) mass is 149 g/mol. The van der Waals surface area contributed by atoms with Crippen LogP contribution in [0.15, 0.2) is 18.3 Å². The number of ether oxygens (including phenoxy) is 1. The first-order valence-corrected chi connectivity index (χ1v) is 3.43. The van der Waals surface area contributed by atoms with Gasteiger partial charge >= 0.3 is 0 Å². The van der Waals surface area contributed by atoms with E-state index in [4.69, 9.17) is 4.74 Å². The molecule has 0 saturated carbocycles. The van der Waals surface area contributed by atoms with Gasteiger partial charge in [0.2, 0.25) is 0 Å². The molecule has 0 aliphatic rings. The third kappa shape index (κ3) is 2.14. The Morgan fingerprint density at radius 2 is 2.45 bits per heavy atom. The van der Waals surface area contributed by atoms with Gasteiger partial charge in [-0.05, 0) is 18.1 Å². The van der Waals surface area contributed by atoms with Crippen molar-refractivity contribution in [3.8, 4) is 11.8 Å². The predicted octanol–water partition coefficient (Wildman–Crippen LogP) is 1.02. The Hall–Kier alpha value is -1.20. The van der Waals surface area contributed by atoms with Crippen LogP contribution in [0.25, 0.3) is 0 Å². The van der Waals surface area contributed by atoms with Crippen LogP contribution in [-0.4, -0.2) is 18.3 Å². The van der Waals surface area contributed by atoms with E-state index in [1.165, 1.54) is 0 Å². The minimum atomic E-state index is 0.491. The van der Waals surface area contributed by atoms with Gasteiger partial charge in [-0.15, -0.1) is 0 Å². The van der Waals surface area contributed by atoms with Gasteiger partial charge in [-0.3, -0.25) is 0 Å². The van der Waals surface area contributed by atoms with E-state index in [-0.39, 0.29) is 0 Å². The quantitative estimate of drug-likeness (QED) is 0.544. The van der Waals surface area contributed by atoms with E-state index in [9.17, 15) is 0 Å². The van der Waals surface area contributed by atoms with E-state index in [0.717, 1.165) is 5.69 Å². The van der Waals surface area contributed by atoms with Crippen molar-refractivity contribution >= 4 is 0 Å². The topological polar surface area (TPSA) is 14.2 Å². The summed E-state index contributed by atoms with van der Waals surface area (Å²) in [7, 11) is 3.61. The summed E-state index contributed by atoms with van der Waals surface area (Å²) in [5, 5.41) is 0. The smallest absolute Gasteiger partial charge is 0.107 e. The van der Waals surface area contributed by atoms with Crippen molar-refractivity contribution in [1.29, 1.82) is 0 Å². The van der Waals surface area contributed by atoms with Gasteiger partial charge < -0.3 is 9.30 Å². The Morgan fingerprint density at radius 3 is 3.00 bits per heavy atom. The Labute approximate surface area is 66.8 Å². The van der Waals surface area contributed by atoms with Crippen molar-refractivity contribution < 1.29 is 4.74 Å². The Balaban J connectivity index is 2.65. The molecular formula is C9H11NO. The van der Waals surface area contributed by atoms with Crippen LogP contribution in [0, 0.1) is 11.8 Å². The van der Waals surface area contributed by atoms with Crippen LogP contribution in [0.4, 0.5) is 0 Å². The highest BCUT2D eigenvalue weighted by Gasteiger charge is 1.87. The molecule has 58 valence electrons. The molecule has 0 aliphatic heterocycles. The molecule has 2 heteroatoms. The lowest BCUT2D eigenvalue weighted by atomic mass is 10.4. The van der Waals surface area contributed by atoms with Crippen molar-refractivity contribution in [2.24, 2.45) is 7.05 Å². The second-order valence-corrected chi connectivity index (χ2v) is 2.24. The lowest BCUT2D eigenvalue weighted by Crippen LogP contribution is -1.89. The van der Waals surface area contributed by atoms with Gasteiger partial charge in [0, 0.05) is 20.4 Å². The predicted molar refractivity (Wildman–Crippen MR) is 44.2 cm³/mol. The largest absolute Gasteiger partial charge is 0.372 e. The highest BCUT2D eigenvalue weighted by Crippen LogP contribution is 1.95. The molecule has 1 aromatic heterocycles. The number of hydrogen-bond acceptors (Lipinski definition) is 1. The van der Waals surface area contributed by atoms with E-state index < -0.39 is 0 Å². The van der Waals surface area contributed by atoms with Crippen molar-refractivity contribution in [3.63, 3.8) is 0 Å². The standard InChI is InChI=1S/C9H11NO/c1-10-7-3-5-9(10)6-4-8-11-2/h3,5,7H,8H2,1-2H3. The summed E-state index contributed by atoms with van der Waals surface area (Å²) in [5.74, 6) is 5.87. The summed E-state index contributed by atoms with van der Waals surface area (Å²) in [4.78, 5) is 0. The van der Waals surface area contributed by atoms with Gasteiger partial charge in [0.25, 0.3) is 0 Å². The molecule has 0 N–H and O–H groups in total. The fraction of sp³-hybridized carbons (Fsp3) is 0.333. The van der Waals surface area contributed by atoms with Gasteiger partial charge in [-0.2, -0.15) is 0 Å². The van der Waals surface area contributed by atoms with Crippen molar-refractivity contribution in [2.45, 2.75) is 0 Å². The molecule has 1 heterocycles. The Morgan fingerprint density at radius 1 is 1.64 bits per heavy atom. The molecule has 0 bridgehead atoms. The fourth-order valence-electron chi connectivity index (χ4n) is 0.790. The summed E-state index contributed by atoms with van der Waals surface area (Å²) < 4.78 is 6.77. The Kier molecular flexibility index (Phi) is 2.76. The van der Waals surface area contributed by atoms with E-state index in [1.54, 1.807) is 7.11 Å². The second kappa shape index (κ2) is 3.85. The number of hydrogen-bond donors (Lipinski definition) is 0. The van der Waals surface area contributed by atoms with Gasteiger partial charge in [0.05, 0.1) is 5.69 Å². The average Bonchev–Trinajstić information content (AvgIpc) is 2.37. The molecule has 0 aliphatic carbocycles. The third-order valence-corrected chi connectivity index (χ3v) is 1.38. The number of methoxy groups -OCH3 is 1. The zero-order chi connectivity index (χ0) is 8.10. The van der Waals surface area contributed by atoms with E-state index in [2.05, 4.69) is 11.8 Å². The molecule has 0 amide bonds. The molecule has 0 radical (unpaired) electrons. The fourth-order valence-corrected chi connectivity index (χ4v) is 0.790. The number of aromatic nitrogens is 1. The molecule has 0 spiro atoms. The highest BCUT2D eigenvalue weighted by atomic mass is 16.5.